The first kappa shape index (κ1) is 8.40. The Labute approximate surface area is 67.7 Å². The lowest BCUT2D eigenvalue weighted by Gasteiger charge is -2.00. The van der Waals surface area contributed by atoms with Gasteiger partial charge in [0.2, 0.25) is 0 Å². The zero-order chi connectivity index (χ0) is 8.43. The molecule has 0 saturated carbocycles. The molecule has 1 atom stereocenters. The summed E-state index contributed by atoms with van der Waals surface area (Å²) in [5, 5.41) is 0. The Morgan fingerprint density at radius 1 is 1.45 bits per heavy atom. The van der Waals surface area contributed by atoms with Crippen LogP contribution in [0.25, 0.3) is 0 Å². The predicted molar refractivity (Wildman–Crippen MR) is 43.5 cm³/mol. The zero-order valence-corrected chi connectivity index (χ0v) is 7.24. The van der Waals surface area contributed by atoms with Gasteiger partial charge in [0.15, 0.2) is 0 Å². The summed E-state index contributed by atoms with van der Waals surface area (Å²) in [6.07, 6.45) is 1.54. The summed E-state index contributed by atoms with van der Waals surface area (Å²) in [6.45, 7) is 1.82. The lowest BCUT2D eigenvalue weighted by atomic mass is 10.2. The van der Waals surface area contributed by atoms with Gasteiger partial charge < -0.3 is 0 Å². The molecule has 0 aromatic heterocycles. The van der Waals surface area contributed by atoms with Crippen molar-refractivity contribution in [1.29, 1.82) is 0 Å². The van der Waals surface area contributed by atoms with E-state index in [-0.39, 0.29) is 5.82 Å². The van der Waals surface area contributed by atoms with Crippen LogP contribution in [0.4, 0.5) is 4.39 Å². The first-order chi connectivity index (χ1) is 5.11. The first-order valence-corrected chi connectivity index (χ1v) is 4.76. The fourth-order valence-corrected chi connectivity index (χ4v) is 1.68. The van der Waals surface area contributed by atoms with Crippen LogP contribution >= 0.6 is 0 Å². The topological polar surface area (TPSA) is 17.1 Å². The molecule has 0 aliphatic rings. The molecule has 0 aliphatic carbocycles. The summed E-state index contributed by atoms with van der Waals surface area (Å²) in [5.74, 6) is -0.333. The van der Waals surface area contributed by atoms with Gasteiger partial charge in [0, 0.05) is 11.2 Å². The van der Waals surface area contributed by atoms with Gasteiger partial charge in [-0.25, -0.2) is 4.39 Å². The monoisotopic (exact) mass is 172 g/mol. The maximum atomic E-state index is 12.6. The van der Waals surface area contributed by atoms with Crippen molar-refractivity contribution in [3.8, 4) is 0 Å². The van der Waals surface area contributed by atoms with Crippen LogP contribution in [0.15, 0.2) is 23.1 Å². The minimum Gasteiger partial charge on any atom is -0.255 e. The number of aryl methyl sites for hydroxylation is 1. The van der Waals surface area contributed by atoms with Crippen molar-refractivity contribution in [3.05, 3.63) is 29.6 Å². The molecule has 1 rings (SSSR count). The molecule has 1 nitrogen and oxygen atoms in total. The predicted octanol–water partition coefficient (Wildman–Crippen LogP) is 1.87. The summed E-state index contributed by atoms with van der Waals surface area (Å²) in [6, 6.07) is 4.31. The number of hydrogen-bond acceptors (Lipinski definition) is 1. The van der Waals surface area contributed by atoms with E-state index in [9.17, 15) is 8.60 Å². The van der Waals surface area contributed by atoms with Gasteiger partial charge in [0.1, 0.15) is 5.82 Å². The summed E-state index contributed by atoms with van der Waals surface area (Å²) in [4.78, 5) is 0.574. The molecule has 0 N–H and O–H groups in total. The highest BCUT2D eigenvalue weighted by atomic mass is 32.2. The highest BCUT2D eigenvalue weighted by molar-refractivity contribution is 7.84. The minimum absolute atomic E-state index is 0.333. The molecule has 1 unspecified atom stereocenters. The Hall–Kier alpha value is -0.700. The number of benzene rings is 1. The largest absolute Gasteiger partial charge is 0.255 e. The molecule has 60 valence electrons. The van der Waals surface area contributed by atoms with E-state index in [2.05, 4.69) is 0 Å². The highest BCUT2D eigenvalue weighted by Crippen LogP contribution is 2.12. The van der Waals surface area contributed by atoms with Crippen molar-refractivity contribution < 1.29 is 8.60 Å². The van der Waals surface area contributed by atoms with E-state index in [0.717, 1.165) is 5.56 Å². The smallest absolute Gasteiger partial charge is 0.124 e. The van der Waals surface area contributed by atoms with Crippen molar-refractivity contribution in [1.82, 2.24) is 0 Å². The van der Waals surface area contributed by atoms with Crippen LogP contribution < -0.4 is 0 Å². The van der Waals surface area contributed by atoms with Crippen molar-refractivity contribution in [2.75, 3.05) is 6.26 Å². The van der Waals surface area contributed by atoms with E-state index in [4.69, 9.17) is 0 Å². The SMILES string of the molecule is Cc1ccc(F)cc1S(C)=O. The van der Waals surface area contributed by atoms with Crippen LogP contribution in [0.5, 0.6) is 0 Å². The molecule has 0 amide bonds. The van der Waals surface area contributed by atoms with Crippen LogP contribution in [0.2, 0.25) is 0 Å². The number of halogens is 1. The number of hydrogen-bond donors (Lipinski definition) is 0. The molecule has 0 spiro atoms. The van der Waals surface area contributed by atoms with Crippen molar-refractivity contribution in [2.24, 2.45) is 0 Å². The van der Waals surface area contributed by atoms with Gasteiger partial charge in [-0.1, -0.05) is 6.07 Å². The molecule has 0 bridgehead atoms. The fraction of sp³-hybridized carbons (Fsp3) is 0.250. The maximum absolute atomic E-state index is 12.6. The third-order valence-electron chi connectivity index (χ3n) is 1.46. The standard InChI is InChI=1S/C8H9FOS/c1-6-3-4-7(9)5-8(6)11(2)10/h3-5H,1-2H3. The van der Waals surface area contributed by atoms with E-state index in [1.54, 1.807) is 12.3 Å². The molecular weight excluding hydrogens is 163 g/mol. The van der Waals surface area contributed by atoms with Crippen LogP contribution in [-0.4, -0.2) is 10.5 Å². The molecule has 11 heavy (non-hydrogen) atoms. The van der Waals surface area contributed by atoms with E-state index >= 15 is 0 Å². The second kappa shape index (κ2) is 3.13. The molecule has 0 heterocycles. The Kier molecular flexibility index (Phi) is 2.39. The molecule has 1 aromatic rings. The first-order valence-electron chi connectivity index (χ1n) is 3.21. The summed E-state index contributed by atoms with van der Waals surface area (Å²) in [7, 11) is -1.09. The normalized spacial score (nSPS) is 13.0. The zero-order valence-electron chi connectivity index (χ0n) is 6.43. The Balaban J connectivity index is 3.23. The van der Waals surface area contributed by atoms with Crippen LogP contribution in [-0.2, 0) is 10.8 Å². The third-order valence-corrected chi connectivity index (χ3v) is 2.52. The van der Waals surface area contributed by atoms with Gasteiger partial charge in [-0.3, -0.25) is 4.21 Å². The van der Waals surface area contributed by atoms with Gasteiger partial charge in [0.25, 0.3) is 0 Å². The average Bonchev–Trinajstić information content (AvgIpc) is 1.94. The fourth-order valence-electron chi connectivity index (χ4n) is 0.884. The van der Waals surface area contributed by atoms with Gasteiger partial charge in [-0.2, -0.15) is 0 Å². The van der Waals surface area contributed by atoms with Gasteiger partial charge in [-0.05, 0) is 24.6 Å². The van der Waals surface area contributed by atoms with E-state index in [1.165, 1.54) is 12.1 Å². The molecule has 0 radical (unpaired) electrons. The molecule has 1 aromatic carbocycles. The quantitative estimate of drug-likeness (QED) is 0.632. The van der Waals surface area contributed by atoms with Crippen LogP contribution in [0.3, 0.4) is 0 Å². The molecular formula is C8H9FOS. The number of rotatable bonds is 1. The summed E-state index contributed by atoms with van der Waals surface area (Å²) < 4.78 is 23.5. The molecule has 0 aliphatic heterocycles. The summed E-state index contributed by atoms with van der Waals surface area (Å²) >= 11 is 0. The maximum Gasteiger partial charge on any atom is 0.124 e. The van der Waals surface area contributed by atoms with Gasteiger partial charge >= 0.3 is 0 Å². The summed E-state index contributed by atoms with van der Waals surface area (Å²) in [5.41, 5.74) is 0.868. The lowest BCUT2D eigenvalue weighted by molar-refractivity contribution is 0.622. The molecule has 0 fully saturated rings. The second-order valence-electron chi connectivity index (χ2n) is 2.36. The Morgan fingerprint density at radius 3 is 2.55 bits per heavy atom. The van der Waals surface area contributed by atoms with Gasteiger partial charge in [0.05, 0.1) is 10.8 Å². The lowest BCUT2D eigenvalue weighted by Crippen LogP contribution is -1.92. The molecule has 3 heteroatoms. The Morgan fingerprint density at radius 2 is 2.09 bits per heavy atom. The highest BCUT2D eigenvalue weighted by Gasteiger charge is 2.02. The van der Waals surface area contributed by atoms with Gasteiger partial charge in [-0.15, -0.1) is 0 Å². The average molecular weight is 172 g/mol. The van der Waals surface area contributed by atoms with Crippen LogP contribution in [0, 0.1) is 12.7 Å². The third kappa shape index (κ3) is 1.87. The van der Waals surface area contributed by atoms with Crippen molar-refractivity contribution in [3.63, 3.8) is 0 Å². The van der Waals surface area contributed by atoms with E-state index in [0.29, 0.717) is 4.90 Å². The van der Waals surface area contributed by atoms with Crippen LogP contribution in [0.1, 0.15) is 5.56 Å². The van der Waals surface area contributed by atoms with Crippen molar-refractivity contribution >= 4 is 10.8 Å². The van der Waals surface area contributed by atoms with E-state index < -0.39 is 10.8 Å². The molecule has 0 saturated heterocycles. The second-order valence-corrected chi connectivity index (χ2v) is 3.71. The van der Waals surface area contributed by atoms with E-state index in [1.807, 2.05) is 6.92 Å². The van der Waals surface area contributed by atoms with Crippen molar-refractivity contribution in [2.45, 2.75) is 11.8 Å². The Bertz CT molecular complexity index is 296. The minimum atomic E-state index is -1.09.